The van der Waals surface area contributed by atoms with Crippen LogP contribution in [0.25, 0.3) is 17.0 Å². The molecule has 3 nitrogen and oxygen atoms in total. The summed E-state index contributed by atoms with van der Waals surface area (Å²) < 4.78 is 5.37. The van der Waals surface area contributed by atoms with Crippen molar-refractivity contribution >= 4 is 17.0 Å². The van der Waals surface area contributed by atoms with Gasteiger partial charge in [0.25, 0.3) is 0 Å². The van der Waals surface area contributed by atoms with Gasteiger partial charge in [-0.25, -0.2) is 0 Å². The predicted octanol–water partition coefficient (Wildman–Crippen LogP) is 3.35. The topological polar surface area (TPSA) is 43.1 Å². The molecule has 1 heterocycles. The average Bonchev–Trinajstić information content (AvgIpc) is 2.92. The highest BCUT2D eigenvalue weighted by molar-refractivity contribution is 5.76. The second-order valence-electron chi connectivity index (χ2n) is 4.86. The van der Waals surface area contributed by atoms with Crippen molar-refractivity contribution in [1.82, 2.24) is 5.16 Å². The van der Waals surface area contributed by atoms with Crippen LogP contribution in [0.2, 0.25) is 0 Å². The average molecular weight is 261 g/mol. The summed E-state index contributed by atoms with van der Waals surface area (Å²) in [4.78, 5) is 12.6. The Morgan fingerprint density at radius 1 is 1.00 bits per heavy atom. The van der Waals surface area contributed by atoms with Crippen LogP contribution in [-0.2, 0) is 0 Å². The zero-order chi connectivity index (χ0) is 13.5. The van der Waals surface area contributed by atoms with E-state index < -0.39 is 0 Å². The van der Waals surface area contributed by atoms with Crippen molar-refractivity contribution in [3.63, 3.8) is 0 Å². The van der Waals surface area contributed by atoms with E-state index in [4.69, 9.17) is 4.52 Å². The van der Waals surface area contributed by atoms with Crippen LogP contribution in [0.15, 0.2) is 63.9 Å². The van der Waals surface area contributed by atoms with Gasteiger partial charge in [0.05, 0.1) is 11.3 Å². The zero-order valence-corrected chi connectivity index (χ0v) is 10.6. The van der Waals surface area contributed by atoms with Crippen molar-refractivity contribution in [3.05, 3.63) is 81.7 Å². The van der Waals surface area contributed by atoms with Gasteiger partial charge < -0.3 is 4.52 Å². The summed E-state index contributed by atoms with van der Waals surface area (Å²) >= 11 is 0. The summed E-state index contributed by atoms with van der Waals surface area (Å²) in [5.74, 6) is -0.118. The molecule has 2 aromatic carbocycles. The molecule has 1 aliphatic rings. The summed E-state index contributed by atoms with van der Waals surface area (Å²) in [5.41, 5.74) is 3.15. The summed E-state index contributed by atoms with van der Waals surface area (Å²) in [6.07, 6.45) is 4.02. The van der Waals surface area contributed by atoms with Crippen LogP contribution in [0, 0.1) is 0 Å². The number of fused-ring (bicyclic) bond motifs is 2. The Kier molecular flexibility index (Phi) is 2.33. The second-order valence-corrected chi connectivity index (χ2v) is 4.86. The number of hydrogen-bond donors (Lipinski definition) is 0. The molecule has 0 amide bonds. The largest absolute Gasteiger partial charge is 0.356 e. The van der Waals surface area contributed by atoms with Gasteiger partial charge in [-0.15, -0.1) is 0 Å². The van der Waals surface area contributed by atoms with E-state index in [1.165, 1.54) is 0 Å². The van der Waals surface area contributed by atoms with Gasteiger partial charge in [-0.3, -0.25) is 4.79 Å². The molecule has 4 rings (SSSR count). The lowest BCUT2D eigenvalue weighted by Crippen LogP contribution is -2.15. The number of aromatic nitrogens is 1. The first-order valence-corrected chi connectivity index (χ1v) is 6.50. The molecule has 1 unspecified atom stereocenters. The highest BCUT2D eigenvalue weighted by atomic mass is 16.5. The molecule has 0 radical (unpaired) electrons. The molecule has 0 saturated heterocycles. The molecule has 0 fully saturated rings. The molecule has 0 spiro atoms. The normalized spacial score (nSPS) is 16.5. The lowest BCUT2D eigenvalue weighted by atomic mass is 9.96. The number of rotatable bonds is 1. The molecule has 0 aliphatic heterocycles. The fourth-order valence-electron chi connectivity index (χ4n) is 2.70. The maximum absolute atomic E-state index is 12.6. The maximum Gasteiger partial charge on any atom is 0.215 e. The molecule has 1 aromatic heterocycles. The third-order valence-electron chi connectivity index (χ3n) is 3.70. The van der Waals surface area contributed by atoms with Gasteiger partial charge in [0, 0.05) is 0 Å². The van der Waals surface area contributed by atoms with Gasteiger partial charge in [-0.1, -0.05) is 53.7 Å². The molecule has 96 valence electrons. The summed E-state index contributed by atoms with van der Waals surface area (Å²) in [6.45, 7) is 0. The Balaban J connectivity index is 1.95. The van der Waals surface area contributed by atoms with Crippen LogP contribution < -0.4 is 5.43 Å². The van der Waals surface area contributed by atoms with Crippen LogP contribution in [0.1, 0.15) is 22.7 Å². The Morgan fingerprint density at radius 3 is 2.75 bits per heavy atom. The van der Waals surface area contributed by atoms with E-state index in [0.717, 1.165) is 11.1 Å². The van der Waals surface area contributed by atoms with E-state index in [1.807, 2.05) is 48.6 Å². The number of allylic oxidation sites excluding steroid dienone is 1. The molecule has 20 heavy (non-hydrogen) atoms. The molecular weight excluding hydrogens is 250 g/mol. The van der Waals surface area contributed by atoms with Crippen molar-refractivity contribution in [2.45, 2.75) is 5.92 Å². The third-order valence-corrected chi connectivity index (χ3v) is 3.70. The highest BCUT2D eigenvalue weighted by Gasteiger charge is 2.24. The molecule has 1 aliphatic carbocycles. The van der Waals surface area contributed by atoms with E-state index in [2.05, 4.69) is 5.16 Å². The predicted molar refractivity (Wildman–Crippen MR) is 77.6 cm³/mol. The minimum atomic E-state index is -0.118. The molecule has 0 saturated carbocycles. The fraction of sp³-hybridized carbons (Fsp3) is 0.0588. The van der Waals surface area contributed by atoms with Crippen LogP contribution in [0.3, 0.4) is 0 Å². The Hall–Kier alpha value is -2.68. The third kappa shape index (κ3) is 1.53. The molecule has 1 atom stereocenters. The van der Waals surface area contributed by atoms with Gasteiger partial charge in [0.2, 0.25) is 5.43 Å². The summed E-state index contributed by atoms with van der Waals surface area (Å²) in [5, 5.41) is 4.63. The summed E-state index contributed by atoms with van der Waals surface area (Å²) in [7, 11) is 0. The number of benzene rings is 2. The smallest absolute Gasteiger partial charge is 0.215 e. The molecule has 0 bridgehead atoms. The van der Waals surface area contributed by atoms with Crippen molar-refractivity contribution in [2.75, 3.05) is 0 Å². The standard InChI is InChI=1S/C17H11NO2/c19-17-14-7-3-4-8-15(14)20-18-16(17)13-10-9-11-5-1-2-6-12(11)13/h1-10,13H. The minimum Gasteiger partial charge on any atom is -0.356 e. The maximum atomic E-state index is 12.6. The molecular formula is C17H11NO2. The first kappa shape index (κ1) is 11.2. The first-order chi connectivity index (χ1) is 9.84. The fourth-order valence-corrected chi connectivity index (χ4v) is 2.70. The lowest BCUT2D eigenvalue weighted by Gasteiger charge is -2.09. The van der Waals surface area contributed by atoms with Gasteiger partial charge in [0.1, 0.15) is 5.69 Å². The quantitative estimate of drug-likeness (QED) is 0.674. The SMILES string of the molecule is O=c1c(C2C=Cc3ccccc32)noc2ccccc12. The number of nitrogens with zero attached hydrogens (tertiary/aromatic N) is 1. The monoisotopic (exact) mass is 261 g/mol. The van der Waals surface area contributed by atoms with E-state index in [0.29, 0.717) is 16.7 Å². The van der Waals surface area contributed by atoms with Crippen molar-refractivity contribution in [1.29, 1.82) is 0 Å². The molecule has 3 aromatic rings. The van der Waals surface area contributed by atoms with Crippen molar-refractivity contribution in [2.24, 2.45) is 0 Å². The molecule has 0 N–H and O–H groups in total. The van der Waals surface area contributed by atoms with E-state index in [9.17, 15) is 4.79 Å². The van der Waals surface area contributed by atoms with E-state index in [1.54, 1.807) is 12.1 Å². The van der Waals surface area contributed by atoms with Crippen LogP contribution >= 0.6 is 0 Å². The zero-order valence-electron chi connectivity index (χ0n) is 10.6. The number of hydrogen-bond acceptors (Lipinski definition) is 3. The first-order valence-electron chi connectivity index (χ1n) is 6.50. The van der Waals surface area contributed by atoms with Crippen molar-refractivity contribution in [3.8, 4) is 0 Å². The summed E-state index contributed by atoms with van der Waals surface area (Å²) in [6, 6.07) is 15.2. The molecule has 3 heteroatoms. The van der Waals surface area contributed by atoms with Crippen molar-refractivity contribution < 1.29 is 4.52 Å². The Morgan fingerprint density at radius 2 is 1.80 bits per heavy atom. The Labute approximate surface area is 115 Å². The highest BCUT2D eigenvalue weighted by Crippen LogP contribution is 2.33. The Bertz CT molecular complexity index is 893. The van der Waals surface area contributed by atoms with Gasteiger partial charge in [-0.2, -0.15) is 0 Å². The second kappa shape index (κ2) is 4.17. The van der Waals surface area contributed by atoms with Gasteiger partial charge in [0.15, 0.2) is 5.58 Å². The van der Waals surface area contributed by atoms with E-state index >= 15 is 0 Å². The van der Waals surface area contributed by atoms with E-state index in [-0.39, 0.29) is 11.3 Å². The van der Waals surface area contributed by atoms with Crippen LogP contribution in [-0.4, -0.2) is 5.16 Å². The van der Waals surface area contributed by atoms with Crippen LogP contribution in [0.4, 0.5) is 0 Å². The van der Waals surface area contributed by atoms with Gasteiger partial charge >= 0.3 is 0 Å². The lowest BCUT2D eigenvalue weighted by molar-refractivity contribution is 0.425. The van der Waals surface area contributed by atoms with Gasteiger partial charge in [-0.05, 0) is 23.3 Å². The van der Waals surface area contributed by atoms with Crippen LogP contribution in [0.5, 0.6) is 0 Å². The number of para-hydroxylation sites is 1. The minimum absolute atomic E-state index is 0.0572.